The third kappa shape index (κ3) is 5.61. The number of esters is 1. The molecule has 0 saturated carbocycles. The van der Waals surface area contributed by atoms with Gasteiger partial charge in [-0.25, -0.2) is 18.3 Å². The summed E-state index contributed by atoms with van der Waals surface area (Å²) in [7, 11) is 0.308. The lowest BCUT2D eigenvalue weighted by Crippen LogP contribution is -2.36. The molecule has 1 unspecified atom stereocenters. The van der Waals surface area contributed by atoms with Crippen molar-refractivity contribution in [3.63, 3.8) is 0 Å². The lowest BCUT2D eigenvalue weighted by Gasteiger charge is -2.30. The predicted molar refractivity (Wildman–Crippen MR) is 145 cm³/mol. The fraction of sp³-hybridized carbons (Fsp3) is 0.379. The van der Waals surface area contributed by atoms with Gasteiger partial charge in [-0.1, -0.05) is 30.3 Å². The third-order valence-corrected chi connectivity index (χ3v) is 8.17. The average molecular weight is 523 g/mol. The number of aromatic nitrogens is 1. The summed E-state index contributed by atoms with van der Waals surface area (Å²) in [6.45, 7) is 8.13. The molecular weight excluding hydrogens is 488 g/mol. The quantitative estimate of drug-likeness (QED) is 0.404. The second-order valence-electron chi connectivity index (χ2n) is 9.93. The molecule has 3 aromatic rings. The number of ether oxygens (including phenoxy) is 2. The Labute approximate surface area is 221 Å². The van der Waals surface area contributed by atoms with Crippen molar-refractivity contribution < 1.29 is 23.6 Å². The highest BCUT2D eigenvalue weighted by Crippen LogP contribution is 2.44. The first-order valence-corrected chi connectivity index (χ1v) is 13.5. The largest absolute Gasteiger partial charge is 0.497 e. The second kappa shape index (κ2) is 11.1. The van der Waals surface area contributed by atoms with Crippen molar-refractivity contribution >= 4 is 17.0 Å². The average Bonchev–Trinajstić information content (AvgIpc) is 3.25. The molecule has 1 N–H and O–H groups in total. The number of carbonyl (C=O) groups is 1. The van der Waals surface area contributed by atoms with E-state index in [0.29, 0.717) is 18.7 Å². The minimum atomic E-state index is -1.33. The van der Waals surface area contributed by atoms with Gasteiger partial charge in [-0.05, 0) is 75.1 Å². The molecule has 0 fully saturated rings. The molecule has 0 spiro atoms. The van der Waals surface area contributed by atoms with E-state index < -0.39 is 21.7 Å². The molecule has 1 aromatic heterocycles. The zero-order valence-electron chi connectivity index (χ0n) is 22.0. The van der Waals surface area contributed by atoms with Crippen molar-refractivity contribution in [3.8, 4) is 28.1 Å². The number of aliphatic hydroxyl groups excluding tert-OH is 1. The van der Waals surface area contributed by atoms with Crippen LogP contribution in [0, 0.1) is 0 Å². The summed E-state index contributed by atoms with van der Waals surface area (Å²) < 4.78 is 25.6. The molecule has 7 nitrogen and oxygen atoms in total. The van der Waals surface area contributed by atoms with Gasteiger partial charge in [-0.15, -0.1) is 0 Å². The Kier molecular flexibility index (Phi) is 8.11. The minimum absolute atomic E-state index is 0.0646. The molecule has 4 rings (SSSR count). The third-order valence-electron chi connectivity index (χ3n) is 6.31. The molecule has 37 heavy (non-hydrogen) atoms. The van der Waals surface area contributed by atoms with Crippen LogP contribution in [0.5, 0.6) is 5.75 Å². The second-order valence-corrected chi connectivity index (χ2v) is 12.1. The maximum atomic E-state index is 13.5. The Morgan fingerprint density at radius 1 is 1.11 bits per heavy atom. The summed E-state index contributed by atoms with van der Waals surface area (Å²) in [5.74, 6) is 0.263. The molecule has 2 atom stereocenters. The number of carbonyl (C=O) groups excluding carboxylic acids is 1. The first-order chi connectivity index (χ1) is 17.7. The first-order valence-electron chi connectivity index (χ1n) is 12.4. The maximum Gasteiger partial charge on any atom is 0.356 e. The van der Waals surface area contributed by atoms with Crippen molar-refractivity contribution in [1.82, 2.24) is 9.29 Å². The standard InChI is InChI=1S/C29H34N2O5S/c1-6-36-28(33)24-17-22-18-31(37(34)29(2,3)4)25(13-14-32)26(22)27(30-24)21-11-7-9-19(15-21)20-10-8-12-23(16-20)35-5/h7-12,15-17,25,32H,6,13-14,18H2,1-5H3/t25-,37?/m0/s1. The Morgan fingerprint density at radius 2 is 1.78 bits per heavy atom. The van der Waals surface area contributed by atoms with Crippen LogP contribution in [-0.4, -0.2) is 49.6 Å². The van der Waals surface area contributed by atoms with Crippen LogP contribution in [0.2, 0.25) is 0 Å². The fourth-order valence-electron chi connectivity index (χ4n) is 4.65. The Morgan fingerprint density at radius 3 is 2.43 bits per heavy atom. The summed E-state index contributed by atoms with van der Waals surface area (Å²) in [5, 5.41) is 9.94. The topological polar surface area (TPSA) is 89.0 Å². The van der Waals surface area contributed by atoms with Crippen molar-refractivity contribution in [2.75, 3.05) is 20.3 Å². The van der Waals surface area contributed by atoms with Crippen LogP contribution in [0.15, 0.2) is 54.6 Å². The van der Waals surface area contributed by atoms with Crippen molar-refractivity contribution in [3.05, 3.63) is 71.4 Å². The van der Waals surface area contributed by atoms with Gasteiger partial charge >= 0.3 is 5.97 Å². The Balaban J connectivity index is 1.89. The molecule has 0 aliphatic carbocycles. The summed E-state index contributed by atoms with van der Waals surface area (Å²) in [6, 6.07) is 17.2. The van der Waals surface area contributed by atoms with E-state index in [1.807, 2.05) is 73.6 Å². The van der Waals surface area contributed by atoms with Crippen LogP contribution in [0.1, 0.15) is 61.8 Å². The minimum Gasteiger partial charge on any atom is -0.497 e. The molecule has 0 amide bonds. The fourth-order valence-corrected chi connectivity index (χ4v) is 6.05. The number of nitrogens with zero attached hydrogens (tertiary/aromatic N) is 2. The van der Waals surface area contributed by atoms with E-state index >= 15 is 0 Å². The van der Waals surface area contributed by atoms with Crippen molar-refractivity contribution in [2.45, 2.75) is 51.4 Å². The van der Waals surface area contributed by atoms with E-state index in [4.69, 9.17) is 14.5 Å². The predicted octanol–water partition coefficient (Wildman–Crippen LogP) is 5.30. The van der Waals surface area contributed by atoms with Crippen LogP contribution in [-0.2, 0) is 22.3 Å². The van der Waals surface area contributed by atoms with Gasteiger partial charge in [-0.3, -0.25) is 0 Å². The van der Waals surface area contributed by atoms with Gasteiger partial charge in [0.05, 0.1) is 30.2 Å². The molecule has 2 heterocycles. The van der Waals surface area contributed by atoms with Gasteiger partial charge in [0.25, 0.3) is 0 Å². The smallest absolute Gasteiger partial charge is 0.356 e. The summed E-state index contributed by atoms with van der Waals surface area (Å²) in [6.07, 6.45) is 0.401. The number of fused-ring (bicyclic) bond motifs is 1. The highest BCUT2D eigenvalue weighted by atomic mass is 32.2. The molecule has 8 heteroatoms. The number of aliphatic hydroxyl groups is 1. The van der Waals surface area contributed by atoms with Gasteiger partial charge in [0, 0.05) is 24.3 Å². The van der Waals surface area contributed by atoms with E-state index in [9.17, 15) is 14.1 Å². The molecule has 0 saturated heterocycles. The molecule has 1 aliphatic heterocycles. The number of hydrogen-bond acceptors (Lipinski definition) is 6. The number of benzene rings is 2. The van der Waals surface area contributed by atoms with E-state index in [-0.39, 0.29) is 24.9 Å². The number of pyridine rings is 1. The summed E-state index contributed by atoms with van der Waals surface area (Å²) >= 11 is 0. The van der Waals surface area contributed by atoms with Crippen LogP contribution >= 0.6 is 0 Å². The summed E-state index contributed by atoms with van der Waals surface area (Å²) in [4.78, 5) is 17.5. The molecular formula is C29H34N2O5S. The van der Waals surface area contributed by atoms with Gasteiger partial charge in [-0.2, -0.15) is 0 Å². The highest BCUT2D eigenvalue weighted by molar-refractivity contribution is 7.84. The Bertz CT molecular complexity index is 1320. The van der Waals surface area contributed by atoms with Crippen LogP contribution < -0.4 is 4.74 Å². The lowest BCUT2D eigenvalue weighted by atomic mass is 9.94. The van der Waals surface area contributed by atoms with Crippen molar-refractivity contribution in [2.24, 2.45) is 0 Å². The normalized spacial score (nSPS) is 16.3. The molecule has 0 radical (unpaired) electrons. The number of methoxy groups -OCH3 is 1. The maximum absolute atomic E-state index is 13.5. The molecule has 2 aromatic carbocycles. The highest BCUT2D eigenvalue weighted by Gasteiger charge is 2.40. The first kappa shape index (κ1) is 27.0. The molecule has 0 bridgehead atoms. The van der Waals surface area contributed by atoms with Gasteiger partial charge < -0.3 is 14.6 Å². The SMILES string of the molecule is CCOC(=O)c1cc2c(c(-c3cccc(-c4cccc(OC)c4)c3)n1)[C@H](CCO)N(S(=O)C(C)(C)C)C2. The van der Waals surface area contributed by atoms with Gasteiger partial charge in [0.15, 0.2) is 0 Å². The van der Waals surface area contributed by atoms with Crippen LogP contribution in [0.25, 0.3) is 22.4 Å². The van der Waals surface area contributed by atoms with E-state index in [1.54, 1.807) is 20.1 Å². The van der Waals surface area contributed by atoms with E-state index in [1.165, 1.54) is 0 Å². The Hall–Kier alpha value is -3.07. The van der Waals surface area contributed by atoms with Crippen LogP contribution in [0.4, 0.5) is 0 Å². The zero-order chi connectivity index (χ0) is 26.7. The van der Waals surface area contributed by atoms with Crippen molar-refractivity contribution in [1.29, 1.82) is 0 Å². The summed E-state index contributed by atoms with van der Waals surface area (Å²) in [5.41, 5.74) is 5.40. The van der Waals surface area contributed by atoms with E-state index in [0.717, 1.165) is 33.6 Å². The monoisotopic (exact) mass is 522 g/mol. The van der Waals surface area contributed by atoms with Crippen LogP contribution in [0.3, 0.4) is 0 Å². The lowest BCUT2D eigenvalue weighted by molar-refractivity contribution is 0.0519. The molecule has 196 valence electrons. The molecule has 1 aliphatic rings. The zero-order valence-corrected chi connectivity index (χ0v) is 22.8. The van der Waals surface area contributed by atoms with E-state index in [2.05, 4.69) is 0 Å². The number of rotatable bonds is 8. The van der Waals surface area contributed by atoms with Gasteiger partial charge in [0.2, 0.25) is 0 Å². The van der Waals surface area contributed by atoms with Gasteiger partial charge in [0.1, 0.15) is 22.4 Å². The number of hydrogen-bond donors (Lipinski definition) is 1.